The van der Waals surface area contributed by atoms with Gasteiger partial charge in [0, 0.05) is 0 Å². The van der Waals surface area contributed by atoms with Gasteiger partial charge in [0.25, 0.3) is 0 Å². The molecule has 0 saturated heterocycles. The minimum atomic E-state index is 0.0661. The Morgan fingerprint density at radius 2 is 1.65 bits per heavy atom. The fourth-order valence-corrected chi connectivity index (χ4v) is 1.47. The zero-order valence-corrected chi connectivity index (χ0v) is 10.7. The predicted molar refractivity (Wildman–Crippen MR) is 68.1 cm³/mol. The lowest BCUT2D eigenvalue weighted by Crippen LogP contribution is -2.07. The molecule has 0 aliphatic carbocycles. The number of hydrogen-bond donors (Lipinski definition) is 1. The van der Waals surface area contributed by atoms with Gasteiger partial charge in [-0.1, -0.05) is 38.1 Å². The van der Waals surface area contributed by atoms with E-state index in [9.17, 15) is 0 Å². The second-order valence-corrected chi connectivity index (χ2v) is 4.28. The van der Waals surface area contributed by atoms with E-state index in [1.807, 2.05) is 0 Å². The van der Waals surface area contributed by atoms with Gasteiger partial charge in [-0.15, -0.1) is 0 Å². The SMILES string of the molecule is CC(C)c1ccc(COCCOCCO)cc1. The molecule has 0 unspecified atom stereocenters. The first-order valence-corrected chi connectivity index (χ1v) is 6.09. The molecular weight excluding hydrogens is 216 g/mol. The van der Waals surface area contributed by atoms with Gasteiger partial charge in [-0.25, -0.2) is 0 Å². The quantitative estimate of drug-likeness (QED) is 0.706. The van der Waals surface area contributed by atoms with Crippen LogP contribution in [0.2, 0.25) is 0 Å². The fraction of sp³-hybridized carbons (Fsp3) is 0.571. The first kappa shape index (κ1) is 14.2. The second kappa shape index (κ2) is 8.23. The van der Waals surface area contributed by atoms with Gasteiger partial charge in [0.1, 0.15) is 0 Å². The van der Waals surface area contributed by atoms with Gasteiger partial charge in [-0.3, -0.25) is 0 Å². The van der Waals surface area contributed by atoms with E-state index in [4.69, 9.17) is 14.6 Å². The number of aliphatic hydroxyl groups excluding tert-OH is 1. The molecule has 0 saturated carbocycles. The van der Waals surface area contributed by atoms with E-state index in [1.165, 1.54) is 11.1 Å². The summed E-state index contributed by atoms with van der Waals surface area (Å²) in [5.41, 5.74) is 2.52. The Hall–Kier alpha value is -0.900. The van der Waals surface area contributed by atoms with Crippen LogP contribution in [0.4, 0.5) is 0 Å². The predicted octanol–water partition coefficient (Wildman–Crippen LogP) is 2.34. The number of hydrogen-bond acceptors (Lipinski definition) is 3. The third kappa shape index (κ3) is 5.82. The van der Waals surface area contributed by atoms with Crippen LogP contribution in [-0.4, -0.2) is 31.5 Å². The van der Waals surface area contributed by atoms with Crippen molar-refractivity contribution in [3.05, 3.63) is 35.4 Å². The molecule has 0 amide bonds. The first-order valence-electron chi connectivity index (χ1n) is 6.09. The molecule has 0 heterocycles. The van der Waals surface area contributed by atoms with Crippen LogP contribution in [0, 0.1) is 0 Å². The van der Waals surface area contributed by atoms with E-state index in [2.05, 4.69) is 38.1 Å². The van der Waals surface area contributed by atoms with Gasteiger partial charge in [-0.2, -0.15) is 0 Å². The average molecular weight is 238 g/mol. The highest BCUT2D eigenvalue weighted by Gasteiger charge is 1.99. The molecule has 3 nitrogen and oxygen atoms in total. The van der Waals surface area contributed by atoms with Crippen molar-refractivity contribution in [2.24, 2.45) is 0 Å². The van der Waals surface area contributed by atoms with Crippen molar-refractivity contribution in [2.45, 2.75) is 26.4 Å². The van der Waals surface area contributed by atoms with E-state index in [1.54, 1.807) is 0 Å². The third-order valence-corrected chi connectivity index (χ3v) is 2.52. The molecule has 0 aromatic heterocycles. The summed E-state index contributed by atoms with van der Waals surface area (Å²) >= 11 is 0. The third-order valence-electron chi connectivity index (χ3n) is 2.52. The van der Waals surface area contributed by atoms with Gasteiger partial charge in [0.15, 0.2) is 0 Å². The van der Waals surface area contributed by atoms with Gasteiger partial charge >= 0.3 is 0 Å². The Labute approximate surface area is 103 Å². The standard InChI is InChI=1S/C14H22O3/c1-12(2)14-5-3-13(4-6-14)11-17-10-9-16-8-7-15/h3-6,12,15H,7-11H2,1-2H3. The Balaban J connectivity index is 2.19. The molecule has 1 aromatic carbocycles. The summed E-state index contributed by atoms with van der Waals surface area (Å²) < 4.78 is 10.6. The topological polar surface area (TPSA) is 38.7 Å². The lowest BCUT2D eigenvalue weighted by molar-refractivity contribution is 0.0274. The lowest BCUT2D eigenvalue weighted by atomic mass is 10.0. The Morgan fingerprint density at radius 3 is 2.24 bits per heavy atom. The maximum absolute atomic E-state index is 8.51. The van der Waals surface area contributed by atoms with Crippen molar-refractivity contribution in [1.82, 2.24) is 0 Å². The van der Waals surface area contributed by atoms with Crippen LogP contribution in [-0.2, 0) is 16.1 Å². The van der Waals surface area contributed by atoms with E-state index in [0.717, 1.165) is 0 Å². The van der Waals surface area contributed by atoms with E-state index in [0.29, 0.717) is 32.3 Å². The molecule has 0 spiro atoms. The molecule has 0 aliphatic rings. The maximum atomic E-state index is 8.51. The summed E-state index contributed by atoms with van der Waals surface area (Å²) in [6.07, 6.45) is 0. The Bertz CT molecular complexity index is 293. The molecule has 1 rings (SSSR count). The van der Waals surface area contributed by atoms with Crippen LogP contribution < -0.4 is 0 Å². The molecule has 0 bridgehead atoms. The smallest absolute Gasteiger partial charge is 0.0718 e. The van der Waals surface area contributed by atoms with Crippen LogP contribution in [0.25, 0.3) is 0 Å². The molecule has 96 valence electrons. The first-order chi connectivity index (χ1) is 8.24. The summed E-state index contributed by atoms with van der Waals surface area (Å²) in [6.45, 7) is 6.52. The summed E-state index contributed by atoms with van der Waals surface area (Å²) in [6, 6.07) is 8.49. The Kier molecular flexibility index (Phi) is 6.86. The molecule has 0 atom stereocenters. The summed E-state index contributed by atoms with van der Waals surface area (Å²) in [5, 5.41) is 8.51. The van der Waals surface area contributed by atoms with Crippen molar-refractivity contribution >= 4 is 0 Å². The number of aliphatic hydroxyl groups is 1. The highest BCUT2D eigenvalue weighted by molar-refractivity contribution is 5.24. The van der Waals surface area contributed by atoms with Crippen molar-refractivity contribution in [2.75, 3.05) is 26.4 Å². The average Bonchev–Trinajstić information content (AvgIpc) is 2.34. The fourth-order valence-electron chi connectivity index (χ4n) is 1.47. The molecule has 0 radical (unpaired) electrons. The molecular formula is C14H22O3. The van der Waals surface area contributed by atoms with E-state index >= 15 is 0 Å². The zero-order chi connectivity index (χ0) is 12.5. The van der Waals surface area contributed by atoms with Crippen LogP contribution >= 0.6 is 0 Å². The van der Waals surface area contributed by atoms with E-state index in [-0.39, 0.29) is 6.61 Å². The molecule has 3 heteroatoms. The second-order valence-electron chi connectivity index (χ2n) is 4.28. The van der Waals surface area contributed by atoms with Crippen molar-refractivity contribution < 1.29 is 14.6 Å². The summed E-state index contributed by atoms with van der Waals surface area (Å²) in [7, 11) is 0. The molecule has 17 heavy (non-hydrogen) atoms. The Morgan fingerprint density at radius 1 is 1.00 bits per heavy atom. The summed E-state index contributed by atoms with van der Waals surface area (Å²) in [4.78, 5) is 0. The molecule has 0 aliphatic heterocycles. The van der Waals surface area contributed by atoms with Crippen LogP contribution in [0.5, 0.6) is 0 Å². The van der Waals surface area contributed by atoms with Crippen molar-refractivity contribution in [3.8, 4) is 0 Å². The van der Waals surface area contributed by atoms with Crippen LogP contribution in [0.3, 0.4) is 0 Å². The minimum Gasteiger partial charge on any atom is -0.394 e. The maximum Gasteiger partial charge on any atom is 0.0718 e. The minimum absolute atomic E-state index is 0.0661. The normalized spacial score (nSPS) is 11.1. The van der Waals surface area contributed by atoms with Crippen LogP contribution in [0.1, 0.15) is 30.9 Å². The number of rotatable bonds is 8. The van der Waals surface area contributed by atoms with E-state index < -0.39 is 0 Å². The molecule has 1 aromatic rings. The molecule has 1 N–H and O–H groups in total. The van der Waals surface area contributed by atoms with Gasteiger partial charge in [-0.05, 0) is 17.0 Å². The highest BCUT2D eigenvalue weighted by atomic mass is 16.5. The molecule has 0 fully saturated rings. The summed E-state index contributed by atoms with van der Waals surface area (Å²) in [5.74, 6) is 0.567. The highest BCUT2D eigenvalue weighted by Crippen LogP contribution is 2.14. The van der Waals surface area contributed by atoms with Gasteiger partial charge in [0.05, 0.1) is 33.0 Å². The lowest BCUT2D eigenvalue weighted by Gasteiger charge is -2.08. The van der Waals surface area contributed by atoms with Crippen LogP contribution in [0.15, 0.2) is 24.3 Å². The van der Waals surface area contributed by atoms with Crippen molar-refractivity contribution in [3.63, 3.8) is 0 Å². The monoisotopic (exact) mass is 238 g/mol. The van der Waals surface area contributed by atoms with Gasteiger partial charge < -0.3 is 14.6 Å². The van der Waals surface area contributed by atoms with Gasteiger partial charge in [0.2, 0.25) is 0 Å². The number of benzene rings is 1. The van der Waals surface area contributed by atoms with Crippen molar-refractivity contribution in [1.29, 1.82) is 0 Å². The largest absolute Gasteiger partial charge is 0.394 e. The zero-order valence-electron chi connectivity index (χ0n) is 10.7. The number of ether oxygens (including phenoxy) is 2.